The van der Waals surface area contributed by atoms with Gasteiger partial charge in [0.05, 0.1) is 6.54 Å². The Labute approximate surface area is 111 Å². The molecule has 4 heteroatoms. The fourth-order valence-electron chi connectivity index (χ4n) is 1.58. The summed E-state index contributed by atoms with van der Waals surface area (Å²) in [4.78, 5) is 12.8. The lowest BCUT2D eigenvalue weighted by Crippen LogP contribution is -2.27. The van der Waals surface area contributed by atoms with Gasteiger partial charge in [-0.2, -0.15) is 0 Å². The summed E-state index contributed by atoms with van der Waals surface area (Å²) in [6, 6.07) is 9.69. The first-order chi connectivity index (χ1) is 8.65. The number of rotatable bonds is 3. The summed E-state index contributed by atoms with van der Waals surface area (Å²) in [5, 5.41) is 7.65. The zero-order valence-electron chi connectivity index (χ0n) is 10.5. The lowest BCUT2D eigenvalue weighted by atomic mass is 10.1. The standard InChI is InChI=1S/C14H16N2OS/c1-10-5-6-12(8-11(10)2)16-14(17)15-9-13-4-3-7-18-13/h3-8H,9H2,1-2H3,(H2,15,16,17). The largest absolute Gasteiger partial charge is 0.333 e. The van der Waals surface area contributed by atoms with Crippen LogP contribution in [0.5, 0.6) is 0 Å². The van der Waals surface area contributed by atoms with Crippen molar-refractivity contribution < 1.29 is 4.79 Å². The van der Waals surface area contributed by atoms with E-state index in [2.05, 4.69) is 17.6 Å². The third-order valence-corrected chi connectivity index (χ3v) is 3.64. The minimum Gasteiger partial charge on any atom is -0.333 e. The maximum absolute atomic E-state index is 11.7. The molecule has 2 N–H and O–H groups in total. The summed E-state index contributed by atoms with van der Waals surface area (Å²) in [6.07, 6.45) is 0. The molecule has 0 fully saturated rings. The van der Waals surface area contributed by atoms with Crippen LogP contribution in [-0.4, -0.2) is 6.03 Å². The smallest absolute Gasteiger partial charge is 0.319 e. The molecule has 1 heterocycles. The van der Waals surface area contributed by atoms with Gasteiger partial charge in [-0.15, -0.1) is 11.3 Å². The van der Waals surface area contributed by atoms with Crippen molar-refractivity contribution >= 4 is 23.1 Å². The lowest BCUT2D eigenvalue weighted by Gasteiger charge is -2.08. The van der Waals surface area contributed by atoms with Gasteiger partial charge in [-0.25, -0.2) is 4.79 Å². The van der Waals surface area contributed by atoms with Crippen molar-refractivity contribution in [2.24, 2.45) is 0 Å². The van der Waals surface area contributed by atoms with Gasteiger partial charge in [0.15, 0.2) is 0 Å². The summed E-state index contributed by atoms with van der Waals surface area (Å²) in [5.41, 5.74) is 3.22. The number of amides is 2. The zero-order valence-corrected chi connectivity index (χ0v) is 11.3. The van der Waals surface area contributed by atoms with Crippen molar-refractivity contribution in [2.45, 2.75) is 20.4 Å². The molecule has 0 spiro atoms. The average molecular weight is 260 g/mol. The first-order valence-electron chi connectivity index (χ1n) is 5.79. The van der Waals surface area contributed by atoms with E-state index in [1.54, 1.807) is 11.3 Å². The van der Waals surface area contributed by atoms with E-state index in [-0.39, 0.29) is 6.03 Å². The molecular weight excluding hydrogens is 244 g/mol. The van der Waals surface area contributed by atoms with E-state index in [4.69, 9.17) is 0 Å². The molecule has 2 aromatic rings. The van der Waals surface area contributed by atoms with Crippen molar-refractivity contribution in [1.29, 1.82) is 0 Å². The second kappa shape index (κ2) is 5.69. The van der Waals surface area contributed by atoms with Gasteiger partial charge >= 0.3 is 6.03 Å². The molecule has 0 bridgehead atoms. The Morgan fingerprint density at radius 3 is 2.72 bits per heavy atom. The summed E-state index contributed by atoms with van der Waals surface area (Å²) in [5.74, 6) is 0. The molecule has 94 valence electrons. The number of carbonyl (C=O) groups excluding carboxylic acids is 1. The molecule has 3 nitrogen and oxygen atoms in total. The molecule has 0 aliphatic heterocycles. The molecule has 18 heavy (non-hydrogen) atoms. The van der Waals surface area contributed by atoms with Crippen LogP contribution in [0.3, 0.4) is 0 Å². The van der Waals surface area contributed by atoms with E-state index in [0.29, 0.717) is 6.54 Å². The van der Waals surface area contributed by atoms with E-state index in [1.165, 1.54) is 11.1 Å². The highest BCUT2D eigenvalue weighted by Gasteiger charge is 2.03. The van der Waals surface area contributed by atoms with E-state index >= 15 is 0 Å². The maximum Gasteiger partial charge on any atom is 0.319 e. The second-order valence-corrected chi connectivity index (χ2v) is 5.22. The number of nitrogens with one attached hydrogen (secondary N) is 2. The topological polar surface area (TPSA) is 41.1 Å². The van der Waals surface area contributed by atoms with Crippen molar-refractivity contribution in [2.75, 3.05) is 5.32 Å². The fourth-order valence-corrected chi connectivity index (χ4v) is 2.22. The van der Waals surface area contributed by atoms with Gasteiger partial charge in [0, 0.05) is 10.6 Å². The van der Waals surface area contributed by atoms with Gasteiger partial charge in [0.2, 0.25) is 0 Å². The number of anilines is 1. The second-order valence-electron chi connectivity index (χ2n) is 4.19. The van der Waals surface area contributed by atoms with Crippen LogP contribution >= 0.6 is 11.3 Å². The highest BCUT2D eigenvalue weighted by Crippen LogP contribution is 2.14. The molecule has 2 amide bonds. The van der Waals surface area contributed by atoms with Crippen LogP contribution in [0.15, 0.2) is 35.7 Å². The van der Waals surface area contributed by atoms with Crippen molar-refractivity contribution in [3.8, 4) is 0 Å². The Hall–Kier alpha value is -1.81. The molecule has 2 rings (SSSR count). The van der Waals surface area contributed by atoms with Crippen molar-refractivity contribution in [3.05, 3.63) is 51.7 Å². The molecule has 0 unspecified atom stereocenters. The van der Waals surface area contributed by atoms with Crippen molar-refractivity contribution in [1.82, 2.24) is 5.32 Å². The predicted octanol–water partition coefficient (Wildman–Crippen LogP) is 3.69. The molecule has 0 aliphatic carbocycles. The van der Waals surface area contributed by atoms with Gasteiger partial charge in [0.1, 0.15) is 0 Å². The van der Waals surface area contributed by atoms with Crippen LogP contribution in [0.25, 0.3) is 0 Å². The quantitative estimate of drug-likeness (QED) is 0.868. The van der Waals surface area contributed by atoms with Crippen LogP contribution < -0.4 is 10.6 Å². The average Bonchev–Trinajstić information content (AvgIpc) is 2.84. The number of hydrogen-bond donors (Lipinski definition) is 2. The Bertz CT molecular complexity index is 535. The van der Waals surface area contributed by atoms with Crippen LogP contribution in [0.4, 0.5) is 10.5 Å². The number of benzene rings is 1. The zero-order chi connectivity index (χ0) is 13.0. The van der Waals surface area contributed by atoms with E-state index < -0.39 is 0 Å². The minimum atomic E-state index is -0.174. The minimum absolute atomic E-state index is 0.174. The Kier molecular flexibility index (Phi) is 3.99. The highest BCUT2D eigenvalue weighted by atomic mass is 32.1. The third kappa shape index (κ3) is 3.34. The first-order valence-corrected chi connectivity index (χ1v) is 6.67. The summed E-state index contributed by atoms with van der Waals surface area (Å²) < 4.78 is 0. The SMILES string of the molecule is Cc1ccc(NC(=O)NCc2cccs2)cc1C. The fraction of sp³-hybridized carbons (Fsp3) is 0.214. The predicted molar refractivity (Wildman–Crippen MR) is 76.1 cm³/mol. The van der Waals surface area contributed by atoms with Gasteiger partial charge in [0.25, 0.3) is 0 Å². The summed E-state index contributed by atoms with van der Waals surface area (Å²) in [7, 11) is 0. The number of carbonyl (C=O) groups is 1. The van der Waals surface area contributed by atoms with Gasteiger partial charge in [-0.05, 0) is 48.6 Å². The van der Waals surface area contributed by atoms with E-state index in [9.17, 15) is 4.79 Å². The molecule has 0 radical (unpaired) electrons. The first kappa shape index (κ1) is 12.6. The van der Waals surface area contributed by atoms with Gasteiger partial charge in [-0.1, -0.05) is 12.1 Å². The van der Waals surface area contributed by atoms with Gasteiger partial charge < -0.3 is 10.6 Å². The monoisotopic (exact) mass is 260 g/mol. The maximum atomic E-state index is 11.7. The van der Waals surface area contributed by atoms with Crippen LogP contribution in [-0.2, 0) is 6.54 Å². The van der Waals surface area contributed by atoms with Crippen molar-refractivity contribution in [3.63, 3.8) is 0 Å². The lowest BCUT2D eigenvalue weighted by molar-refractivity contribution is 0.252. The van der Waals surface area contributed by atoms with Crippen LogP contribution in [0.2, 0.25) is 0 Å². The van der Waals surface area contributed by atoms with Crippen LogP contribution in [0, 0.1) is 13.8 Å². The van der Waals surface area contributed by atoms with E-state index in [1.807, 2.05) is 42.6 Å². The van der Waals surface area contributed by atoms with Crippen LogP contribution in [0.1, 0.15) is 16.0 Å². The molecule has 1 aromatic heterocycles. The third-order valence-electron chi connectivity index (χ3n) is 2.77. The number of urea groups is 1. The number of thiophene rings is 1. The Balaban J connectivity index is 1.88. The molecule has 0 aliphatic rings. The number of aryl methyl sites for hydroxylation is 2. The molecule has 1 aromatic carbocycles. The molecule has 0 saturated heterocycles. The number of hydrogen-bond acceptors (Lipinski definition) is 2. The molecular formula is C14H16N2OS. The summed E-state index contributed by atoms with van der Waals surface area (Å²) >= 11 is 1.63. The Morgan fingerprint density at radius 2 is 2.06 bits per heavy atom. The molecule has 0 saturated carbocycles. The van der Waals surface area contributed by atoms with E-state index in [0.717, 1.165) is 10.6 Å². The van der Waals surface area contributed by atoms with Gasteiger partial charge in [-0.3, -0.25) is 0 Å². The summed E-state index contributed by atoms with van der Waals surface area (Å²) in [6.45, 7) is 4.65. The molecule has 0 atom stereocenters. The highest BCUT2D eigenvalue weighted by molar-refractivity contribution is 7.09. The normalized spacial score (nSPS) is 10.1. The Morgan fingerprint density at radius 1 is 1.22 bits per heavy atom.